The fourth-order valence-corrected chi connectivity index (χ4v) is 3.82. The number of carbonyl (C=O) groups is 1. The topological polar surface area (TPSA) is 60.5 Å². The monoisotopic (exact) mass is 374 g/mol. The van der Waals surface area contributed by atoms with Crippen molar-refractivity contribution in [1.82, 2.24) is 4.98 Å². The molecule has 1 aliphatic rings. The summed E-state index contributed by atoms with van der Waals surface area (Å²) in [6.45, 7) is 0.182. The van der Waals surface area contributed by atoms with Crippen molar-refractivity contribution in [3.05, 3.63) is 71.6 Å². The first kappa shape index (κ1) is 15.8. The predicted octanol–water partition coefficient (Wildman–Crippen LogP) is 4.94. The number of anilines is 1. The Kier molecular flexibility index (Phi) is 3.76. The van der Waals surface area contributed by atoms with E-state index in [1.807, 2.05) is 29.6 Å². The fraction of sp³-hybridized carbons (Fsp3) is 0.0476. The molecule has 0 radical (unpaired) electrons. The molecule has 2 heterocycles. The standard InChI is InChI=1S/C21H14N2O3S/c24-20(14-8-9-18-19(10-14)26-12-25-18)23-21-22-17(11-27-21)16-7-3-5-13-4-1-2-6-15(13)16/h1-11H,12H2,(H,22,23,24). The van der Waals surface area contributed by atoms with Crippen LogP contribution >= 0.6 is 11.3 Å². The van der Waals surface area contributed by atoms with E-state index >= 15 is 0 Å². The number of ether oxygens (including phenoxy) is 2. The van der Waals surface area contributed by atoms with Gasteiger partial charge in [0.05, 0.1) is 5.69 Å². The summed E-state index contributed by atoms with van der Waals surface area (Å²) < 4.78 is 10.6. The van der Waals surface area contributed by atoms with Gasteiger partial charge in [0.15, 0.2) is 16.6 Å². The van der Waals surface area contributed by atoms with Gasteiger partial charge in [0, 0.05) is 16.5 Å². The Morgan fingerprint density at radius 3 is 2.81 bits per heavy atom. The second-order valence-corrected chi connectivity index (χ2v) is 6.94. The molecule has 0 aliphatic carbocycles. The van der Waals surface area contributed by atoms with Crippen LogP contribution in [0, 0.1) is 0 Å². The minimum Gasteiger partial charge on any atom is -0.454 e. The maximum atomic E-state index is 12.5. The van der Waals surface area contributed by atoms with Crippen LogP contribution in [-0.2, 0) is 0 Å². The SMILES string of the molecule is O=C(Nc1nc(-c2cccc3ccccc23)cs1)c1ccc2c(c1)OCO2. The summed E-state index contributed by atoms with van der Waals surface area (Å²) in [7, 11) is 0. The van der Waals surface area contributed by atoms with E-state index in [0.717, 1.165) is 22.0 Å². The molecule has 0 saturated heterocycles. The van der Waals surface area contributed by atoms with Crippen molar-refractivity contribution in [2.45, 2.75) is 0 Å². The zero-order valence-electron chi connectivity index (χ0n) is 14.1. The van der Waals surface area contributed by atoms with Crippen molar-refractivity contribution in [3.63, 3.8) is 0 Å². The molecule has 27 heavy (non-hydrogen) atoms. The van der Waals surface area contributed by atoms with Crippen LogP contribution in [0.3, 0.4) is 0 Å². The summed E-state index contributed by atoms with van der Waals surface area (Å²) in [5, 5.41) is 7.67. The summed E-state index contributed by atoms with van der Waals surface area (Å²) in [5.74, 6) is 1.00. The Hall–Kier alpha value is -3.38. The van der Waals surface area contributed by atoms with Crippen molar-refractivity contribution < 1.29 is 14.3 Å². The third kappa shape index (κ3) is 2.90. The van der Waals surface area contributed by atoms with Gasteiger partial charge < -0.3 is 9.47 Å². The van der Waals surface area contributed by atoms with E-state index in [0.29, 0.717) is 22.2 Å². The highest BCUT2D eigenvalue weighted by Gasteiger charge is 2.17. The van der Waals surface area contributed by atoms with Crippen LogP contribution in [0.5, 0.6) is 11.5 Å². The molecule has 0 unspecified atom stereocenters. The third-order valence-corrected chi connectivity index (χ3v) is 5.18. The zero-order chi connectivity index (χ0) is 18.2. The van der Waals surface area contributed by atoms with Gasteiger partial charge in [-0.1, -0.05) is 42.5 Å². The lowest BCUT2D eigenvalue weighted by molar-refractivity contribution is 0.102. The van der Waals surface area contributed by atoms with Crippen molar-refractivity contribution >= 4 is 33.1 Å². The van der Waals surface area contributed by atoms with Gasteiger partial charge in [0.2, 0.25) is 6.79 Å². The van der Waals surface area contributed by atoms with Gasteiger partial charge in [0.25, 0.3) is 5.91 Å². The van der Waals surface area contributed by atoms with Crippen molar-refractivity contribution in [2.24, 2.45) is 0 Å². The molecule has 132 valence electrons. The van der Waals surface area contributed by atoms with Crippen LogP contribution < -0.4 is 14.8 Å². The van der Waals surface area contributed by atoms with E-state index in [4.69, 9.17) is 9.47 Å². The highest BCUT2D eigenvalue weighted by molar-refractivity contribution is 7.14. The maximum Gasteiger partial charge on any atom is 0.257 e. The zero-order valence-corrected chi connectivity index (χ0v) is 15.0. The summed E-state index contributed by atoms with van der Waals surface area (Å²) in [4.78, 5) is 17.1. The number of carbonyl (C=O) groups excluding carboxylic acids is 1. The first-order valence-corrected chi connectivity index (χ1v) is 9.30. The second kappa shape index (κ2) is 6.41. The van der Waals surface area contributed by atoms with Gasteiger partial charge in [-0.15, -0.1) is 11.3 Å². The number of hydrogen-bond acceptors (Lipinski definition) is 5. The van der Waals surface area contributed by atoms with Gasteiger partial charge >= 0.3 is 0 Å². The average molecular weight is 374 g/mol. The Morgan fingerprint density at radius 2 is 1.85 bits per heavy atom. The second-order valence-electron chi connectivity index (χ2n) is 6.09. The molecular formula is C21H14N2O3S. The number of nitrogens with zero attached hydrogens (tertiary/aromatic N) is 1. The molecule has 0 bridgehead atoms. The normalized spacial score (nSPS) is 12.3. The molecule has 0 spiro atoms. The smallest absolute Gasteiger partial charge is 0.257 e. The highest BCUT2D eigenvalue weighted by Crippen LogP contribution is 2.33. The number of nitrogens with one attached hydrogen (secondary N) is 1. The molecule has 1 aromatic heterocycles. The van der Waals surface area contributed by atoms with Gasteiger partial charge in [0.1, 0.15) is 0 Å². The third-order valence-electron chi connectivity index (χ3n) is 4.42. The molecular weight excluding hydrogens is 360 g/mol. The summed E-state index contributed by atoms with van der Waals surface area (Å²) >= 11 is 1.40. The van der Waals surface area contributed by atoms with E-state index < -0.39 is 0 Å². The van der Waals surface area contributed by atoms with E-state index in [1.54, 1.807) is 18.2 Å². The Bertz CT molecular complexity index is 1160. The van der Waals surface area contributed by atoms with Crippen molar-refractivity contribution in [2.75, 3.05) is 12.1 Å². The van der Waals surface area contributed by atoms with Gasteiger partial charge in [-0.2, -0.15) is 0 Å². The van der Waals surface area contributed by atoms with Gasteiger partial charge in [-0.25, -0.2) is 4.98 Å². The molecule has 0 atom stereocenters. The van der Waals surface area contributed by atoms with E-state index in [1.165, 1.54) is 11.3 Å². The molecule has 1 amide bonds. The van der Waals surface area contributed by atoms with Gasteiger partial charge in [-0.05, 0) is 29.0 Å². The van der Waals surface area contributed by atoms with Crippen LogP contribution in [0.1, 0.15) is 10.4 Å². The highest BCUT2D eigenvalue weighted by atomic mass is 32.1. The van der Waals surface area contributed by atoms with E-state index in [9.17, 15) is 4.79 Å². The van der Waals surface area contributed by atoms with E-state index in [-0.39, 0.29) is 12.7 Å². The Balaban J connectivity index is 1.41. The molecule has 3 aromatic carbocycles. The van der Waals surface area contributed by atoms with Crippen LogP contribution in [-0.4, -0.2) is 17.7 Å². The number of rotatable bonds is 3. The maximum absolute atomic E-state index is 12.5. The van der Waals surface area contributed by atoms with Crippen LogP contribution in [0.15, 0.2) is 66.0 Å². The van der Waals surface area contributed by atoms with Crippen LogP contribution in [0.4, 0.5) is 5.13 Å². The lowest BCUT2D eigenvalue weighted by atomic mass is 10.0. The van der Waals surface area contributed by atoms with Crippen molar-refractivity contribution in [3.8, 4) is 22.8 Å². The van der Waals surface area contributed by atoms with E-state index in [2.05, 4.69) is 28.5 Å². The minimum atomic E-state index is -0.230. The lowest BCUT2D eigenvalue weighted by Gasteiger charge is -2.04. The first-order valence-electron chi connectivity index (χ1n) is 8.42. The van der Waals surface area contributed by atoms with Crippen LogP contribution in [0.2, 0.25) is 0 Å². The summed E-state index contributed by atoms with van der Waals surface area (Å²) in [6.07, 6.45) is 0. The quantitative estimate of drug-likeness (QED) is 0.551. The molecule has 6 heteroatoms. The average Bonchev–Trinajstić information content (AvgIpc) is 3.36. The summed E-state index contributed by atoms with van der Waals surface area (Å²) in [5.41, 5.74) is 2.40. The number of hydrogen-bond donors (Lipinski definition) is 1. The predicted molar refractivity (Wildman–Crippen MR) is 106 cm³/mol. The van der Waals surface area contributed by atoms with Crippen molar-refractivity contribution in [1.29, 1.82) is 0 Å². The number of fused-ring (bicyclic) bond motifs is 2. The number of benzene rings is 3. The Labute approximate surface area is 159 Å². The molecule has 0 saturated carbocycles. The molecule has 1 aliphatic heterocycles. The summed E-state index contributed by atoms with van der Waals surface area (Å²) in [6, 6.07) is 19.4. The first-order chi connectivity index (χ1) is 13.3. The molecule has 4 aromatic rings. The number of amides is 1. The Morgan fingerprint density at radius 1 is 1.00 bits per heavy atom. The minimum absolute atomic E-state index is 0.182. The molecule has 0 fully saturated rings. The molecule has 1 N–H and O–H groups in total. The molecule has 5 rings (SSSR count). The number of aromatic nitrogens is 1. The fourth-order valence-electron chi connectivity index (χ4n) is 3.11. The largest absolute Gasteiger partial charge is 0.454 e. The molecule has 5 nitrogen and oxygen atoms in total. The number of thiazole rings is 1. The van der Waals surface area contributed by atoms with Gasteiger partial charge in [-0.3, -0.25) is 10.1 Å². The van der Waals surface area contributed by atoms with Crippen LogP contribution in [0.25, 0.3) is 22.0 Å². The lowest BCUT2D eigenvalue weighted by Crippen LogP contribution is -2.11.